The number of ether oxygens (including phenoxy) is 1. The quantitative estimate of drug-likeness (QED) is 0.767. The molecule has 4 aliphatic rings. The third-order valence-corrected chi connectivity index (χ3v) is 7.41. The van der Waals surface area contributed by atoms with E-state index in [0.717, 1.165) is 31.4 Å². The zero-order valence-electron chi connectivity index (χ0n) is 17.7. The largest absolute Gasteiger partial charge is 0.372 e. The molecule has 158 valence electrons. The van der Waals surface area contributed by atoms with Crippen LogP contribution < -0.4 is 5.56 Å². The average Bonchev–Trinajstić information content (AvgIpc) is 3.22. The molecule has 6 nitrogen and oxygen atoms in total. The van der Waals surface area contributed by atoms with Crippen LogP contribution in [0.5, 0.6) is 0 Å². The Morgan fingerprint density at radius 1 is 1.00 bits per heavy atom. The third-order valence-electron chi connectivity index (χ3n) is 7.41. The molecule has 0 radical (unpaired) electrons. The standard InChI is InChI=1S/C23H33N3O3/c1-15-10-25(11-16(2)29-15)22(27)20-7-8-21-18-9-17(13-26(21)23(20)28)12-24(14-18)19-5-3-4-6-19/h7-8,15-19H,3-6,9-14H2,1-2H3/t15-,16+,17-,18+/m0/s1. The molecule has 29 heavy (non-hydrogen) atoms. The van der Waals surface area contributed by atoms with Gasteiger partial charge in [-0.05, 0) is 51.2 Å². The van der Waals surface area contributed by atoms with E-state index in [9.17, 15) is 9.59 Å². The fourth-order valence-electron chi connectivity index (χ4n) is 6.23. The summed E-state index contributed by atoms with van der Waals surface area (Å²) in [5.74, 6) is 0.798. The predicted molar refractivity (Wildman–Crippen MR) is 111 cm³/mol. The minimum absolute atomic E-state index is 0.00371. The van der Waals surface area contributed by atoms with Gasteiger partial charge in [0, 0.05) is 50.4 Å². The van der Waals surface area contributed by atoms with Gasteiger partial charge in [-0.2, -0.15) is 0 Å². The topological polar surface area (TPSA) is 54.8 Å². The number of likely N-dealkylation sites (tertiary alicyclic amines) is 1. The lowest BCUT2D eigenvalue weighted by atomic mass is 9.82. The van der Waals surface area contributed by atoms with Crippen LogP contribution in [0.1, 0.15) is 67.9 Å². The minimum atomic E-state index is -0.143. The molecule has 1 aromatic heterocycles. The van der Waals surface area contributed by atoms with Gasteiger partial charge in [0.25, 0.3) is 11.5 Å². The predicted octanol–water partition coefficient (Wildman–Crippen LogP) is 2.46. The van der Waals surface area contributed by atoms with Gasteiger partial charge in [-0.1, -0.05) is 12.8 Å². The van der Waals surface area contributed by atoms with Gasteiger partial charge < -0.3 is 14.2 Å². The number of morpholine rings is 1. The summed E-state index contributed by atoms with van der Waals surface area (Å²) < 4.78 is 7.67. The molecule has 1 aliphatic carbocycles. The van der Waals surface area contributed by atoms with E-state index in [4.69, 9.17) is 4.74 Å². The molecule has 0 spiro atoms. The highest BCUT2D eigenvalue weighted by Gasteiger charge is 2.38. The molecular formula is C23H33N3O3. The molecule has 5 rings (SSSR count). The summed E-state index contributed by atoms with van der Waals surface area (Å²) in [7, 11) is 0. The van der Waals surface area contributed by atoms with Gasteiger partial charge in [0.05, 0.1) is 12.2 Å². The zero-order chi connectivity index (χ0) is 20.1. The van der Waals surface area contributed by atoms with Crippen LogP contribution in [0.2, 0.25) is 0 Å². The first kappa shape index (κ1) is 19.3. The number of piperidine rings is 1. The van der Waals surface area contributed by atoms with E-state index in [1.54, 1.807) is 11.0 Å². The second-order valence-corrected chi connectivity index (χ2v) is 9.75. The molecule has 0 unspecified atom stereocenters. The number of carbonyl (C=O) groups excluding carboxylic acids is 1. The van der Waals surface area contributed by atoms with Gasteiger partial charge in [-0.15, -0.1) is 0 Å². The van der Waals surface area contributed by atoms with Crippen LogP contribution in [0.15, 0.2) is 16.9 Å². The lowest BCUT2D eigenvalue weighted by molar-refractivity contribution is -0.0586. The molecule has 4 heterocycles. The molecule has 0 N–H and O–H groups in total. The Bertz CT molecular complexity index is 834. The fourth-order valence-corrected chi connectivity index (χ4v) is 6.23. The maximum absolute atomic E-state index is 13.3. The molecule has 1 aromatic rings. The number of pyridine rings is 1. The Balaban J connectivity index is 1.40. The van der Waals surface area contributed by atoms with Crippen LogP contribution in [0.25, 0.3) is 0 Å². The number of nitrogens with zero attached hydrogens (tertiary/aromatic N) is 3. The zero-order valence-corrected chi connectivity index (χ0v) is 17.7. The van der Waals surface area contributed by atoms with Gasteiger partial charge in [-0.25, -0.2) is 0 Å². The van der Waals surface area contributed by atoms with Crippen LogP contribution in [-0.2, 0) is 11.3 Å². The van der Waals surface area contributed by atoms with E-state index in [1.807, 2.05) is 18.4 Å². The molecule has 1 saturated carbocycles. The van der Waals surface area contributed by atoms with Crippen molar-refractivity contribution in [2.75, 3.05) is 26.2 Å². The second-order valence-electron chi connectivity index (χ2n) is 9.75. The minimum Gasteiger partial charge on any atom is -0.372 e. The maximum Gasteiger partial charge on any atom is 0.263 e. The van der Waals surface area contributed by atoms with Crippen molar-refractivity contribution in [2.24, 2.45) is 5.92 Å². The number of aromatic nitrogens is 1. The van der Waals surface area contributed by atoms with Crippen LogP contribution in [0.4, 0.5) is 0 Å². The van der Waals surface area contributed by atoms with Crippen molar-refractivity contribution in [1.29, 1.82) is 0 Å². The van der Waals surface area contributed by atoms with Crippen molar-refractivity contribution >= 4 is 5.91 Å². The summed E-state index contributed by atoms with van der Waals surface area (Å²) in [6, 6.07) is 4.58. The van der Waals surface area contributed by atoms with Crippen LogP contribution in [0.3, 0.4) is 0 Å². The third kappa shape index (κ3) is 3.55. The van der Waals surface area contributed by atoms with E-state index in [0.29, 0.717) is 30.5 Å². The Hall–Kier alpha value is -1.66. The molecule has 3 fully saturated rings. The smallest absolute Gasteiger partial charge is 0.263 e. The van der Waals surface area contributed by atoms with Gasteiger partial charge in [-0.3, -0.25) is 14.5 Å². The molecule has 2 bridgehead atoms. The number of fused-ring (bicyclic) bond motifs is 4. The molecule has 6 heteroatoms. The Morgan fingerprint density at radius 2 is 1.72 bits per heavy atom. The van der Waals surface area contributed by atoms with Gasteiger partial charge >= 0.3 is 0 Å². The molecule has 1 amide bonds. The highest BCUT2D eigenvalue weighted by molar-refractivity contribution is 5.94. The van der Waals surface area contributed by atoms with E-state index in [-0.39, 0.29) is 23.7 Å². The number of amides is 1. The molecule has 2 saturated heterocycles. The summed E-state index contributed by atoms with van der Waals surface area (Å²) in [6.45, 7) is 7.97. The van der Waals surface area contributed by atoms with Crippen molar-refractivity contribution < 1.29 is 9.53 Å². The number of hydrogen-bond acceptors (Lipinski definition) is 4. The summed E-state index contributed by atoms with van der Waals surface area (Å²) in [5, 5.41) is 0. The second kappa shape index (κ2) is 7.55. The molecular weight excluding hydrogens is 366 g/mol. The molecule has 0 aromatic carbocycles. The maximum atomic E-state index is 13.3. The molecule has 3 aliphatic heterocycles. The number of rotatable bonds is 2. The highest BCUT2D eigenvalue weighted by atomic mass is 16.5. The van der Waals surface area contributed by atoms with Crippen molar-refractivity contribution in [2.45, 2.75) is 76.7 Å². The van der Waals surface area contributed by atoms with Crippen molar-refractivity contribution in [1.82, 2.24) is 14.4 Å². The Labute approximate surface area is 172 Å². The summed E-state index contributed by atoms with van der Waals surface area (Å²) >= 11 is 0. The van der Waals surface area contributed by atoms with E-state index >= 15 is 0 Å². The summed E-state index contributed by atoms with van der Waals surface area (Å²) in [6.07, 6.45) is 6.56. The first-order valence-corrected chi connectivity index (χ1v) is 11.4. The number of carbonyl (C=O) groups is 1. The van der Waals surface area contributed by atoms with Crippen LogP contribution >= 0.6 is 0 Å². The van der Waals surface area contributed by atoms with Crippen molar-refractivity contribution in [3.05, 3.63) is 33.7 Å². The van der Waals surface area contributed by atoms with E-state index in [2.05, 4.69) is 11.0 Å². The number of hydrogen-bond donors (Lipinski definition) is 0. The normalized spacial score (nSPS) is 33.0. The Kier molecular flexibility index (Phi) is 5.03. The van der Waals surface area contributed by atoms with Gasteiger partial charge in [0.15, 0.2) is 0 Å². The van der Waals surface area contributed by atoms with Gasteiger partial charge in [0.1, 0.15) is 5.56 Å². The monoisotopic (exact) mass is 399 g/mol. The van der Waals surface area contributed by atoms with E-state index < -0.39 is 0 Å². The Morgan fingerprint density at radius 3 is 2.45 bits per heavy atom. The van der Waals surface area contributed by atoms with E-state index in [1.165, 1.54) is 32.1 Å². The van der Waals surface area contributed by atoms with Crippen molar-refractivity contribution in [3.8, 4) is 0 Å². The highest BCUT2D eigenvalue weighted by Crippen LogP contribution is 2.38. The average molecular weight is 400 g/mol. The van der Waals surface area contributed by atoms with Crippen LogP contribution in [0, 0.1) is 5.92 Å². The molecule has 4 atom stereocenters. The fraction of sp³-hybridized carbons (Fsp3) is 0.739. The van der Waals surface area contributed by atoms with Gasteiger partial charge in [0.2, 0.25) is 0 Å². The summed E-state index contributed by atoms with van der Waals surface area (Å²) in [5.41, 5.74) is 1.36. The van der Waals surface area contributed by atoms with Crippen LogP contribution in [-0.4, -0.2) is 64.7 Å². The lowest BCUT2D eigenvalue weighted by Crippen LogP contribution is -2.52. The first-order chi connectivity index (χ1) is 14.0. The summed E-state index contributed by atoms with van der Waals surface area (Å²) in [4.78, 5) is 30.9. The lowest BCUT2D eigenvalue weighted by Gasteiger charge is -2.45. The van der Waals surface area contributed by atoms with Crippen molar-refractivity contribution in [3.63, 3.8) is 0 Å². The SMILES string of the molecule is C[C@@H]1CN(C(=O)c2ccc3n(c2=O)C[C@H]2C[C@@H]3CN(C3CCCC3)C2)C[C@H](C)O1. The first-order valence-electron chi connectivity index (χ1n) is 11.4.